The quantitative estimate of drug-likeness (QED) is 0.687. The third kappa shape index (κ3) is 6.70. The van der Waals surface area contributed by atoms with E-state index in [0.717, 1.165) is 36.9 Å². The van der Waals surface area contributed by atoms with Gasteiger partial charge in [0.1, 0.15) is 6.04 Å². The number of carbonyl (C=O) groups excluding carboxylic acids is 3. The van der Waals surface area contributed by atoms with E-state index in [1.807, 2.05) is 26.0 Å². The molecular weight excluding hydrogens is 342 g/mol. The Balaban J connectivity index is 1.88. The van der Waals surface area contributed by atoms with Crippen LogP contribution in [0, 0.1) is 11.8 Å². The van der Waals surface area contributed by atoms with Crippen LogP contribution >= 0.6 is 0 Å². The number of amides is 3. The van der Waals surface area contributed by atoms with Crippen molar-refractivity contribution in [2.24, 2.45) is 11.8 Å². The molecular formula is C21H31N3O3. The summed E-state index contributed by atoms with van der Waals surface area (Å²) < 4.78 is 0. The highest BCUT2D eigenvalue weighted by Crippen LogP contribution is 2.24. The fraction of sp³-hybridized carbons (Fsp3) is 0.571. The lowest BCUT2D eigenvalue weighted by atomic mass is 9.88. The van der Waals surface area contributed by atoms with Gasteiger partial charge >= 0.3 is 0 Å². The minimum Gasteiger partial charge on any atom is -0.350 e. The first-order valence-electron chi connectivity index (χ1n) is 9.81. The van der Waals surface area contributed by atoms with Crippen LogP contribution in [-0.4, -0.2) is 23.8 Å². The van der Waals surface area contributed by atoms with Gasteiger partial charge in [-0.25, -0.2) is 0 Å². The highest BCUT2D eigenvalue weighted by Gasteiger charge is 2.28. The van der Waals surface area contributed by atoms with Gasteiger partial charge in [-0.05, 0) is 36.5 Å². The maximum absolute atomic E-state index is 12.6. The molecule has 3 amide bonds. The van der Waals surface area contributed by atoms with Gasteiger partial charge in [-0.2, -0.15) is 0 Å². The molecule has 1 aromatic rings. The SMILES string of the molecule is CC(=O)Nc1ccc(CNC(=O)C(NC(=O)C2CCCCC2)C(C)C)cc1. The second-order valence-corrected chi connectivity index (χ2v) is 7.66. The van der Waals surface area contributed by atoms with Crippen molar-refractivity contribution in [3.63, 3.8) is 0 Å². The van der Waals surface area contributed by atoms with E-state index in [4.69, 9.17) is 0 Å². The lowest BCUT2D eigenvalue weighted by Gasteiger charge is -2.26. The van der Waals surface area contributed by atoms with Gasteiger partial charge in [-0.1, -0.05) is 45.2 Å². The Morgan fingerprint density at radius 2 is 1.67 bits per heavy atom. The Labute approximate surface area is 161 Å². The van der Waals surface area contributed by atoms with Crippen LogP contribution in [0.15, 0.2) is 24.3 Å². The minimum absolute atomic E-state index is 0.00297. The fourth-order valence-electron chi connectivity index (χ4n) is 3.38. The van der Waals surface area contributed by atoms with Crippen molar-refractivity contribution in [3.8, 4) is 0 Å². The van der Waals surface area contributed by atoms with Crippen molar-refractivity contribution in [1.29, 1.82) is 0 Å². The molecule has 0 saturated heterocycles. The molecule has 0 spiro atoms. The van der Waals surface area contributed by atoms with Crippen LogP contribution in [0.1, 0.15) is 58.4 Å². The molecule has 0 aliphatic heterocycles. The van der Waals surface area contributed by atoms with E-state index in [1.54, 1.807) is 12.1 Å². The number of anilines is 1. The molecule has 0 heterocycles. The second-order valence-electron chi connectivity index (χ2n) is 7.66. The molecule has 148 valence electrons. The average molecular weight is 373 g/mol. The molecule has 0 radical (unpaired) electrons. The molecule has 27 heavy (non-hydrogen) atoms. The largest absolute Gasteiger partial charge is 0.350 e. The molecule has 1 aliphatic carbocycles. The van der Waals surface area contributed by atoms with Gasteiger partial charge in [-0.15, -0.1) is 0 Å². The fourth-order valence-corrected chi connectivity index (χ4v) is 3.38. The molecule has 1 aromatic carbocycles. The highest BCUT2D eigenvalue weighted by atomic mass is 16.2. The van der Waals surface area contributed by atoms with Crippen LogP contribution in [-0.2, 0) is 20.9 Å². The Morgan fingerprint density at radius 3 is 2.22 bits per heavy atom. The Morgan fingerprint density at radius 1 is 1.04 bits per heavy atom. The highest BCUT2D eigenvalue weighted by molar-refractivity contribution is 5.89. The number of rotatable bonds is 7. The van der Waals surface area contributed by atoms with Crippen LogP contribution in [0.5, 0.6) is 0 Å². The lowest BCUT2D eigenvalue weighted by Crippen LogP contribution is -2.51. The number of carbonyl (C=O) groups is 3. The summed E-state index contributed by atoms with van der Waals surface area (Å²) in [5, 5.41) is 8.57. The lowest BCUT2D eigenvalue weighted by molar-refractivity contribution is -0.132. The molecule has 1 unspecified atom stereocenters. The summed E-state index contributed by atoms with van der Waals surface area (Å²) in [7, 11) is 0. The van der Waals surface area contributed by atoms with Crippen molar-refractivity contribution in [2.45, 2.75) is 65.5 Å². The van der Waals surface area contributed by atoms with E-state index in [1.165, 1.54) is 13.3 Å². The average Bonchev–Trinajstić information content (AvgIpc) is 2.65. The molecule has 1 atom stereocenters. The minimum atomic E-state index is -0.530. The van der Waals surface area contributed by atoms with Crippen LogP contribution in [0.25, 0.3) is 0 Å². The molecule has 1 fully saturated rings. The van der Waals surface area contributed by atoms with E-state index in [-0.39, 0.29) is 29.6 Å². The molecule has 0 bridgehead atoms. The van der Waals surface area contributed by atoms with Gasteiger partial charge in [0.15, 0.2) is 0 Å². The summed E-state index contributed by atoms with van der Waals surface area (Å²) in [4.78, 5) is 36.1. The first kappa shape index (κ1) is 20.9. The zero-order valence-corrected chi connectivity index (χ0v) is 16.5. The number of hydrogen-bond donors (Lipinski definition) is 3. The van der Waals surface area contributed by atoms with Crippen LogP contribution < -0.4 is 16.0 Å². The summed E-state index contributed by atoms with van der Waals surface area (Å²) in [6.07, 6.45) is 5.20. The zero-order chi connectivity index (χ0) is 19.8. The van der Waals surface area contributed by atoms with Crippen LogP contribution in [0.4, 0.5) is 5.69 Å². The Bertz CT molecular complexity index is 649. The van der Waals surface area contributed by atoms with Crippen molar-refractivity contribution in [1.82, 2.24) is 10.6 Å². The van der Waals surface area contributed by atoms with E-state index < -0.39 is 6.04 Å². The van der Waals surface area contributed by atoms with Crippen molar-refractivity contribution in [3.05, 3.63) is 29.8 Å². The predicted molar refractivity (Wildman–Crippen MR) is 106 cm³/mol. The smallest absolute Gasteiger partial charge is 0.243 e. The van der Waals surface area contributed by atoms with Gasteiger partial charge in [0.05, 0.1) is 0 Å². The van der Waals surface area contributed by atoms with Crippen molar-refractivity contribution >= 4 is 23.4 Å². The Kier molecular flexibility index (Phi) is 7.82. The maximum atomic E-state index is 12.6. The van der Waals surface area contributed by atoms with Crippen molar-refractivity contribution < 1.29 is 14.4 Å². The standard InChI is InChI=1S/C21H31N3O3/c1-14(2)19(24-20(26)17-7-5-4-6-8-17)21(27)22-13-16-9-11-18(12-10-16)23-15(3)25/h9-12,14,17,19H,4-8,13H2,1-3H3,(H,22,27)(H,23,25)(H,24,26). The van der Waals surface area contributed by atoms with E-state index in [9.17, 15) is 14.4 Å². The van der Waals surface area contributed by atoms with Crippen molar-refractivity contribution in [2.75, 3.05) is 5.32 Å². The number of hydrogen-bond acceptors (Lipinski definition) is 3. The monoisotopic (exact) mass is 373 g/mol. The summed E-state index contributed by atoms with van der Waals surface area (Å²) >= 11 is 0. The summed E-state index contributed by atoms with van der Waals surface area (Å²) in [6.45, 7) is 5.71. The zero-order valence-electron chi connectivity index (χ0n) is 16.5. The molecule has 3 N–H and O–H groups in total. The molecule has 1 aliphatic rings. The Hall–Kier alpha value is -2.37. The van der Waals surface area contributed by atoms with E-state index in [0.29, 0.717) is 6.54 Å². The normalized spacial score (nSPS) is 15.9. The topological polar surface area (TPSA) is 87.3 Å². The molecule has 1 saturated carbocycles. The van der Waals surface area contributed by atoms with Gasteiger partial charge in [0.25, 0.3) is 0 Å². The summed E-state index contributed by atoms with van der Waals surface area (Å²) in [5.74, 6) is -0.235. The molecule has 2 rings (SSSR count). The summed E-state index contributed by atoms with van der Waals surface area (Å²) in [6, 6.07) is 6.78. The second kappa shape index (κ2) is 10.1. The molecule has 0 aromatic heterocycles. The van der Waals surface area contributed by atoms with Crippen LogP contribution in [0.3, 0.4) is 0 Å². The first-order valence-corrected chi connectivity index (χ1v) is 9.81. The first-order chi connectivity index (χ1) is 12.9. The van der Waals surface area contributed by atoms with E-state index in [2.05, 4.69) is 16.0 Å². The van der Waals surface area contributed by atoms with Gasteiger partial charge in [0, 0.05) is 25.1 Å². The predicted octanol–water partition coefficient (Wildman–Crippen LogP) is 2.98. The van der Waals surface area contributed by atoms with Gasteiger partial charge in [0.2, 0.25) is 17.7 Å². The number of nitrogens with one attached hydrogen (secondary N) is 3. The van der Waals surface area contributed by atoms with Gasteiger partial charge < -0.3 is 16.0 Å². The third-order valence-corrected chi connectivity index (χ3v) is 4.96. The number of benzene rings is 1. The molecule has 6 nitrogen and oxygen atoms in total. The third-order valence-electron chi connectivity index (χ3n) is 4.96. The van der Waals surface area contributed by atoms with Crippen LogP contribution in [0.2, 0.25) is 0 Å². The summed E-state index contributed by atoms with van der Waals surface area (Å²) in [5.41, 5.74) is 1.65. The van der Waals surface area contributed by atoms with E-state index >= 15 is 0 Å². The maximum Gasteiger partial charge on any atom is 0.243 e. The molecule has 6 heteroatoms. The van der Waals surface area contributed by atoms with Gasteiger partial charge in [-0.3, -0.25) is 14.4 Å².